The number of hydrogen-bond acceptors (Lipinski definition) is 9. The molecule has 1 saturated heterocycles. The van der Waals surface area contributed by atoms with E-state index in [1.165, 1.54) is 19.9 Å². The van der Waals surface area contributed by atoms with Crippen molar-refractivity contribution in [3.63, 3.8) is 0 Å². The van der Waals surface area contributed by atoms with E-state index in [-0.39, 0.29) is 36.4 Å². The summed E-state index contributed by atoms with van der Waals surface area (Å²) in [6, 6.07) is 0. The molecule has 9 nitrogen and oxygen atoms in total. The summed E-state index contributed by atoms with van der Waals surface area (Å²) in [4.78, 5) is 36.3. The Labute approximate surface area is 174 Å². The smallest absolute Gasteiger partial charge is 0.343 e. The highest BCUT2D eigenvalue weighted by atomic mass is 16.7. The lowest BCUT2D eigenvalue weighted by Gasteiger charge is -2.40. The average Bonchev–Trinajstić information content (AvgIpc) is 3.09. The fourth-order valence-electron chi connectivity index (χ4n) is 3.91. The maximum Gasteiger partial charge on any atom is 0.343 e. The molecule has 1 fully saturated rings. The Kier molecular flexibility index (Phi) is 5.59. The van der Waals surface area contributed by atoms with E-state index in [1.807, 2.05) is 0 Å². The van der Waals surface area contributed by atoms with E-state index < -0.39 is 46.9 Å². The molecule has 4 unspecified atom stereocenters. The van der Waals surface area contributed by atoms with Gasteiger partial charge in [-0.1, -0.05) is 13.8 Å². The molecule has 2 N–H and O–H groups in total. The van der Waals surface area contributed by atoms with E-state index >= 15 is 0 Å². The predicted octanol–water partition coefficient (Wildman–Crippen LogP) is 1.27. The highest BCUT2D eigenvalue weighted by Crippen LogP contribution is 2.49. The SMILES string of the molecule is CC(=O)OCC1=C2C(=CC3(C)CCC(O)(O3)C(C)(O)CC2OC(=O)C(C)C)OC1=O. The summed E-state index contributed by atoms with van der Waals surface area (Å²) >= 11 is 0. The van der Waals surface area contributed by atoms with Crippen molar-refractivity contribution in [3.05, 3.63) is 23.0 Å². The van der Waals surface area contributed by atoms with Crippen LogP contribution in [0.25, 0.3) is 0 Å². The summed E-state index contributed by atoms with van der Waals surface area (Å²) in [6.07, 6.45) is 0.651. The summed E-state index contributed by atoms with van der Waals surface area (Å²) in [6.45, 7) is 7.22. The van der Waals surface area contributed by atoms with Crippen molar-refractivity contribution in [1.29, 1.82) is 0 Å². The van der Waals surface area contributed by atoms with Gasteiger partial charge in [0.1, 0.15) is 24.1 Å². The number of aliphatic hydroxyl groups is 2. The first-order valence-corrected chi connectivity index (χ1v) is 9.94. The van der Waals surface area contributed by atoms with Crippen LogP contribution in [0.4, 0.5) is 0 Å². The molecule has 9 heteroatoms. The van der Waals surface area contributed by atoms with Crippen LogP contribution >= 0.6 is 0 Å². The second kappa shape index (κ2) is 7.47. The van der Waals surface area contributed by atoms with Gasteiger partial charge in [0.2, 0.25) is 0 Å². The zero-order valence-corrected chi connectivity index (χ0v) is 17.8. The van der Waals surface area contributed by atoms with E-state index in [4.69, 9.17) is 18.9 Å². The van der Waals surface area contributed by atoms with Gasteiger partial charge in [0.15, 0.2) is 5.79 Å². The maximum atomic E-state index is 12.6. The zero-order chi connectivity index (χ0) is 22.5. The van der Waals surface area contributed by atoms with Gasteiger partial charge >= 0.3 is 17.9 Å². The standard InChI is InChI=1S/C21H28O9/c1-11(2)17(23)28-15-9-20(5,25)21(26)7-6-19(4,30-21)8-14-16(15)13(18(24)29-14)10-27-12(3)22/h8,11,15,25-26H,6-7,9-10H2,1-5H3. The number of fused-ring (bicyclic) bond motifs is 3. The monoisotopic (exact) mass is 424 g/mol. The molecule has 3 rings (SSSR count). The molecule has 0 saturated carbocycles. The van der Waals surface area contributed by atoms with Crippen LogP contribution in [0.5, 0.6) is 0 Å². The van der Waals surface area contributed by atoms with Crippen LogP contribution in [0.1, 0.15) is 53.9 Å². The van der Waals surface area contributed by atoms with Crippen LogP contribution in [0.2, 0.25) is 0 Å². The van der Waals surface area contributed by atoms with Crippen LogP contribution in [-0.4, -0.2) is 57.8 Å². The molecule has 0 radical (unpaired) electrons. The third-order valence-corrected chi connectivity index (χ3v) is 5.73. The molecule has 3 aliphatic rings. The molecule has 30 heavy (non-hydrogen) atoms. The number of esters is 3. The van der Waals surface area contributed by atoms with E-state index in [0.29, 0.717) is 6.42 Å². The Balaban J connectivity index is 2.16. The minimum Gasteiger partial charge on any atom is -0.461 e. The van der Waals surface area contributed by atoms with Crippen LogP contribution < -0.4 is 0 Å². The van der Waals surface area contributed by atoms with E-state index in [1.54, 1.807) is 20.8 Å². The molecule has 3 aliphatic heterocycles. The van der Waals surface area contributed by atoms with Crippen molar-refractivity contribution in [2.24, 2.45) is 5.92 Å². The Morgan fingerprint density at radius 2 is 1.93 bits per heavy atom. The van der Waals surface area contributed by atoms with Crippen molar-refractivity contribution >= 4 is 17.9 Å². The van der Waals surface area contributed by atoms with Crippen molar-refractivity contribution < 1.29 is 43.5 Å². The second-order valence-electron chi connectivity index (χ2n) is 8.83. The van der Waals surface area contributed by atoms with Gasteiger partial charge in [-0.25, -0.2) is 4.79 Å². The van der Waals surface area contributed by atoms with E-state index in [2.05, 4.69) is 0 Å². The average molecular weight is 424 g/mol. The normalized spacial score (nSPS) is 35.8. The number of rotatable bonds is 4. The molecular weight excluding hydrogens is 396 g/mol. The number of carbonyl (C=O) groups excluding carboxylic acids is 3. The Bertz CT molecular complexity index is 837. The summed E-state index contributed by atoms with van der Waals surface area (Å²) in [5, 5.41) is 22.2. The van der Waals surface area contributed by atoms with Crippen molar-refractivity contribution in [2.75, 3.05) is 6.61 Å². The maximum absolute atomic E-state index is 12.6. The number of hydrogen-bond donors (Lipinski definition) is 2. The molecular formula is C21H28O9. The van der Waals surface area contributed by atoms with E-state index in [9.17, 15) is 24.6 Å². The Hall–Kier alpha value is -2.23. The topological polar surface area (TPSA) is 129 Å². The number of carbonyl (C=O) groups is 3. The van der Waals surface area contributed by atoms with Crippen LogP contribution in [-0.2, 0) is 33.3 Å². The van der Waals surface area contributed by atoms with Crippen molar-refractivity contribution in [2.45, 2.75) is 77.0 Å². The minimum atomic E-state index is -1.89. The first kappa shape index (κ1) is 22.5. The van der Waals surface area contributed by atoms with Gasteiger partial charge < -0.3 is 29.2 Å². The summed E-state index contributed by atoms with van der Waals surface area (Å²) in [5.41, 5.74) is -2.63. The van der Waals surface area contributed by atoms with Gasteiger partial charge in [0.25, 0.3) is 0 Å². The lowest BCUT2D eigenvalue weighted by Crippen LogP contribution is -2.54. The van der Waals surface area contributed by atoms with Gasteiger partial charge in [-0.15, -0.1) is 0 Å². The van der Waals surface area contributed by atoms with Gasteiger partial charge in [-0.05, 0) is 26.3 Å². The molecule has 0 aromatic rings. The lowest BCUT2D eigenvalue weighted by molar-refractivity contribution is -0.298. The van der Waals surface area contributed by atoms with Crippen molar-refractivity contribution in [1.82, 2.24) is 0 Å². The van der Waals surface area contributed by atoms with Crippen LogP contribution in [0, 0.1) is 5.92 Å². The number of ether oxygens (including phenoxy) is 4. The molecule has 3 heterocycles. The molecule has 0 aromatic carbocycles. The Morgan fingerprint density at radius 3 is 2.53 bits per heavy atom. The fraction of sp³-hybridized carbons (Fsp3) is 0.667. The van der Waals surface area contributed by atoms with Crippen LogP contribution in [0.3, 0.4) is 0 Å². The van der Waals surface area contributed by atoms with Gasteiger partial charge in [0, 0.05) is 25.3 Å². The largest absolute Gasteiger partial charge is 0.461 e. The van der Waals surface area contributed by atoms with Gasteiger partial charge in [0.05, 0.1) is 17.1 Å². The second-order valence-corrected chi connectivity index (χ2v) is 8.83. The summed E-state index contributed by atoms with van der Waals surface area (Å²) in [5.74, 6) is -4.15. The van der Waals surface area contributed by atoms with Crippen LogP contribution in [0.15, 0.2) is 23.0 Å². The Morgan fingerprint density at radius 1 is 1.27 bits per heavy atom. The molecule has 2 bridgehead atoms. The lowest BCUT2D eigenvalue weighted by atomic mass is 9.82. The molecule has 0 aromatic heterocycles. The van der Waals surface area contributed by atoms with Crippen molar-refractivity contribution in [3.8, 4) is 0 Å². The molecule has 0 spiro atoms. The molecule has 166 valence electrons. The minimum absolute atomic E-state index is 0.0159. The zero-order valence-electron chi connectivity index (χ0n) is 17.8. The molecule has 0 amide bonds. The summed E-state index contributed by atoms with van der Waals surface area (Å²) in [7, 11) is 0. The van der Waals surface area contributed by atoms with Gasteiger partial charge in [-0.2, -0.15) is 0 Å². The molecule has 0 aliphatic carbocycles. The van der Waals surface area contributed by atoms with E-state index in [0.717, 1.165) is 0 Å². The predicted molar refractivity (Wildman–Crippen MR) is 101 cm³/mol. The first-order valence-electron chi connectivity index (χ1n) is 9.94. The highest BCUT2D eigenvalue weighted by Gasteiger charge is 2.58. The summed E-state index contributed by atoms with van der Waals surface area (Å²) < 4.78 is 21.9. The van der Waals surface area contributed by atoms with Gasteiger partial charge in [-0.3, -0.25) is 9.59 Å². The fourth-order valence-corrected chi connectivity index (χ4v) is 3.91. The highest BCUT2D eigenvalue weighted by molar-refractivity contribution is 5.95. The quantitative estimate of drug-likeness (QED) is 0.506. The first-order chi connectivity index (χ1) is 13.8. The third-order valence-electron chi connectivity index (χ3n) is 5.73. The molecule has 4 atom stereocenters. The third kappa shape index (κ3) is 4.01.